The van der Waals surface area contributed by atoms with Crippen molar-refractivity contribution in [1.82, 2.24) is 0 Å². The number of carbonyl (C=O) groups is 3. The Bertz CT molecular complexity index is 371. The van der Waals surface area contributed by atoms with Gasteiger partial charge < -0.3 is 18.4 Å². The minimum atomic E-state index is -3.11. The Morgan fingerprint density at radius 1 is 1.20 bits per heavy atom. The van der Waals surface area contributed by atoms with Gasteiger partial charge in [-0.25, -0.2) is 0 Å². The van der Waals surface area contributed by atoms with Crippen LogP contribution in [0.15, 0.2) is 0 Å². The van der Waals surface area contributed by atoms with Crippen molar-refractivity contribution < 1.29 is 23.2 Å². The molecule has 0 radical (unpaired) electrons. The van der Waals surface area contributed by atoms with E-state index in [4.69, 9.17) is 8.85 Å². The summed E-state index contributed by atoms with van der Waals surface area (Å²) in [4.78, 5) is 36.9. The second kappa shape index (κ2) is 8.01. The average Bonchev–Trinajstić information content (AvgIpc) is 2.40. The summed E-state index contributed by atoms with van der Waals surface area (Å²) in [5, 5.41) is -0.321. The smallest absolute Gasteiger partial charge is 0.309 e. The van der Waals surface area contributed by atoms with Gasteiger partial charge in [0.25, 0.3) is 0 Å². The van der Waals surface area contributed by atoms with Crippen LogP contribution in [0.2, 0.25) is 11.2 Å². The zero-order valence-electron chi connectivity index (χ0n) is 13.4. The van der Waals surface area contributed by atoms with Crippen LogP contribution in [0.25, 0.3) is 0 Å². The van der Waals surface area contributed by atoms with Crippen molar-refractivity contribution in [2.45, 2.75) is 51.7 Å². The molecule has 0 spiro atoms. The van der Waals surface area contributed by atoms with Crippen molar-refractivity contribution in [3.8, 4) is 0 Å². The van der Waals surface area contributed by atoms with Gasteiger partial charge in [0.2, 0.25) is 8.07 Å². The van der Waals surface area contributed by atoms with Crippen LogP contribution in [0, 0.1) is 0 Å². The predicted octanol–water partition coefficient (Wildman–Crippen LogP) is -0.237. The molecule has 0 bridgehead atoms. The van der Waals surface area contributed by atoms with Gasteiger partial charge in [-0.15, -0.1) is 0 Å². The fourth-order valence-corrected chi connectivity index (χ4v) is 11.9. The Hall–Kier alpha value is -0.579. The van der Waals surface area contributed by atoms with Crippen molar-refractivity contribution in [3.05, 3.63) is 0 Å². The molecule has 8 heteroatoms. The molecule has 0 aliphatic carbocycles. The molecule has 0 aliphatic heterocycles. The van der Waals surface area contributed by atoms with E-state index in [0.29, 0.717) is 29.9 Å². The molecule has 0 saturated heterocycles. The fraction of sp³-hybridized carbons (Fsp3) is 0.750. The second-order valence-electron chi connectivity index (χ2n) is 5.24. The summed E-state index contributed by atoms with van der Waals surface area (Å²) in [6, 6.07) is 0. The molecular formula is C12H26O5Si3. The second-order valence-corrected chi connectivity index (χ2v) is 14.4. The van der Waals surface area contributed by atoms with Crippen LogP contribution in [0.1, 0.15) is 40.5 Å². The minimum absolute atomic E-state index is 0.161. The monoisotopic (exact) mass is 334 g/mol. The molecule has 0 fully saturated rings. The van der Waals surface area contributed by atoms with E-state index in [1.807, 2.05) is 13.8 Å². The van der Waals surface area contributed by atoms with Crippen LogP contribution >= 0.6 is 0 Å². The molecule has 0 amide bonds. The van der Waals surface area contributed by atoms with Gasteiger partial charge in [0, 0.05) is 0 Å². The van der Waals surface area contributed by atoms with Crippen molar-refractivity contribution in [3.63, 3.8) is 0 Å². The number of carbonyl (C=O) groups excluding carboxylic acids is 3. The Kier molecular flexibility index (Phi) is 7.78. The van der Waals surface area contributed by atoms with Crippen LogP contribution in [-0.2, 0) is 23.2 Å². The lowest BCUT2D eigenvalue weighted by Gasteiger charge is -2.40. The Labute approximate surface area is 127 Å². The first kappa shape index (κ1) is 19.4. The van der Waals surface area contributed by atoms with E-state index in [1.165, 1.54) is 13.8 Å². The molecule has 116 valence electrons. The van der Waals surface area contributed by atoms with Crippen molar-refractivity contribution in [2.75, 3.05) is 6.61 Å². The third kappa shape index (κ3) is 3.35. The van der Waals surface area contributed by atoms with Gasteiger partial charge in [-0.3, -0.25) is 4.79 Å². The highest BCUT2D eigenvalue weighted by Crippen LogP contribution is 2.43. The van der Waals surface area contributed by atoms with Gasteiger partial charge in [0.15, 0.2) is 9.76 Å². The molecule has 0 heterocycles. The summed E-state index contributed by atoms with van der Waals surface area (Å²) < 4.78 is 9.79. The topological polar surface area (TPSA) is 69.7 Å². The number of hydrogen-bond acceptors (Lipinski definition) is 5. The molecule has 0 aromatic heterocycles. The van der Waals surface area contributed by atoms with E-state index in [-0.39, 0.29) is 10.8 Å². The van der Waals surface area contributed by atoms with E-state index < -0.39 is 28.5 Å². The molecule has 0 saturated carbocycles. The highest BCUT2D eigenvalue weighted by Gasteiger charge is 2.62. The first-order valence-corrected chi connectivity index (χ1v) is 11.5. The minimum Gasteiger partial charge on any atom is -0.467 e. The summed E-state index contributed by atoms with van der Waals surface area (Å²) in [5.74, 6) is -0.399. The molecular weight excluding hydrogens is 308 g/mol. The third-order valence-electron chi connectivity index (χ3n) is 4.19. The Morgan fingerprint density at radius 3 is 2.00 bits per heavy atom. The van der Waals surface area contributed by atoms with Gasteiger partial charge in [-0.1, -0.05) is 20.4 Å². The molecule has 1 unspecified atom stereocenters. The maximum atomic E-state index is 12.6. The number of rotatable bonds is 9. The van der Waals surface area contributed by atoms with Gasteiger partial charge in [-0.2, -0.15) is 0 Å². The number of ether oxygens (including phenoxy) is 1. The normalized spacial score (nSPS) is 15.2. The standard InChI is InChI=1S/C12H26O5Si3/c1-6-8-16-11(15)12(7-2,19-17-18)20(5,9(3)13)10(4)14/h6-8,19H2,1-5,18H3. The molecule has 0 rings (SSSR count). The highest BCUT2D eigenvalue weighted by atomic mass is 28.4. The van der Waals surface area contributed by atoms with Crippen LogP contribution in [0.5, 0.6) is 0 Å². The Morgan fingerprint density at radius 2 is 1.70 bits per heavy atom. The van der Waals surface area contributed by atoms with Crippen molar-refractivity contribution in [2.24, 2.45) is 0 Å². The molecule has 0 aliphatic rings. The quantitative estimate of drug-likeness (QED) is 0.430. The summed E-state index contributed by atoms with van der Waals surface area (Å²) in [6.45, 7) is 8.61. The SMILES string of the molecule is CCCOC(=O)C(CC)([SiH2]O[SiH3])[Si](C)(C(C)=O)C(C)=O. The maximum absolute atomic E-state index is 12.6. The van der Waals surface area contributed by atoms with E-state index in [9.17, 15) is 14.4 Å². The lowest BCUT2D eigenvalue weighted by atomic mass is 10.3. The lowest BCUT2D eigenvalue weighted by Crippen LogP contribution is -2.63. The zero-order chi connectivity index (χ0) is 16.0. The molecule has 0 aromatic carbocycles. The summed E-state index contributed by atoms with van der Waals surface area (Å²) in [6.07, 6.45) is 1.15. The van der Waals surface area contributed by atoms with Crippen LogP contribution in [0.3, 0.4) is 0 Å². The summed E-state index contributed by atoms with van der Waals surface area (Å²) >= 11 is 0. The summed E-state index contributed by atoms with van der Waals surface area (Å²) in [5.41, 5.74) is 0. The van der Waals surface area contributed by atoms with Gasteiger partial charge in [-0.05, 0) is 26.7 Å². The van der Waals surface area contributed by atoms with Gasteiger partial charge >= 0.3 is 5.97 Å². The van der Waals surface area contributed by atoms with E-state index in [2.05, 4.69) is 0 Å². The van der Waals surface area contributed by atoms with E-state index in [0.717, 1.165) is 0 Å². The van der Waals surface area contributed by atoms with Crippen molar-refractivity contribution >= 4 is 45.1 Å². The number of hydrogen-bond donors (Lipinski definition) is 0. The lowest BCUT2D eigenvalue weighted by molar-refractivity contribution is -0.146. The van der Waals surface area contributed by atoms with Crippen molar-refractivity contribution in [1.29, 1.82) is 0 Å². The van der Waals surface area contributed by atoms with Gasteiger partial charge in [0.05, 0.1) is 11.3 Å². The molecule has 20 heavy (non-hydrogen) atoms. The number of esters is 1. The largest absolute Gasteiger partial charge is 0.467 e. The van der Waals surface area contributed by atoms with E-state index >= 15 is 0 Å². The predicted molar refractivity (Wildman–Crippen MR) is 86.8 cm³/mol. The van der Waals surface area contributed by atoms with Crippen LogP contribution < -0.4 is 0 Å². The zero-order valence-corrected chi connectivity index (χ0v) is 17.8. The first-order valence-electron chi connectivity index (χ1n) is 6.92. The van der Waals surface area contributed by atoms with E-state index in [1.54, 1.807) is 6.55 Å². The molecule has 1 atom stereocenters. The highest BCUT2D eigenvalue weighted by molar-refractivity contribution is 7.29. The van der Waals surface area contributed by atoms with Crippen LogP contribution in [0.4, 0.5) is 0 Å². The average molecular weight is 335 g/mol. The maximum Gasteiger partial charge on any atom is 0.309 e. The fourth-order valence-electron chi connectivity index (χ4n) is 2.51. The van der Waals surface area contributed by atoms with Gasteiger partial charge in [0.1, 0.15) is 21.3 Å². The Balaban J connectivity index is 5.89. The van der Waals surface area contributed by atoms with Crippen LogP contribution in [-0.4, -0.2) is 51.7 Å². The molecule has 5 nitrogen and oxygen atoms in total. The third-order valence-corrected chi connectivity index (χ3v) is 14.5. The molecule has 0 N–H and O–H groups in total. The summed E-state index contributed by atoms with van der Waals surface area (Å²) in [7, 11) is -3.94. The molecule has 0 aromatic rings. The first-order chi connectivity index (χ1) is 9.24.